The maximum absolute atomic E-state index is 5.47. The van der Waals surface area contributed by atoms with Gasteiger partial charge in [-0.25, -0.2) is 0 Å². The third kappa shape index (κ3) is 3.52. The van der Waals surface area contributed by atoms with Gasteiger partial charge in [-0.05, 0) is 38.1 Å². The fourth-order valence-electron chi connectivity index (χ4n) is 1.43. The molecule has 0 atom stereocenters. The summed E-state index contributed by atoms with van der Waals surface area (Å²) < 4.78 is 10.9. The van der Waals surface area contributed by atoms with E-state index in [0.717, 1.165) is 11.5 Å². The third-order valence-electron chi connectivity index (χ3n) is 2.49. The van der Waals surface area contributed by atoms with Crippen molar-refractivity contribution < 1.29 is 9.47 Å². The zero-order chi connectivity index (χ0) is 12.1. The molecular weight excluding hydrogens is 212 g/mol. The van der Waals surface area contributed by atoms with Gasteiger partial charge in [0.15, 0.2) is 0 Å². The van der Waals surface area contributed by atoms with Crippen LogP contribution in [0.3, 0.4) is 0 Å². The van der Waals surface area contributed by atoms with E-state index < -0.39 is 0 Å². The summed E-state index contributed by atoms with van der Waals surface area (Å²) in [6.45, 7) is 4.32. The predicted molar refractivity (Wildman–Crippen MR) is 68.5 cm³/mol. The second kappa shape index (κ2) is 5.39. The number of hydrogen-bond donors (Lipinski definition) is 0. The maximum Gasteiger partial charge on any atom is 0.230 e. The SMILES string of the molecule is Cc1ccc(OCOc2ccc(C)cc2)cc1. The topological polar surface area (TPSA) is 18.5 Å². The van der Waals surface area contributed by atoms with Crippen molar-refractivity contribution in [1.82, 2.24) is 0 Å². The van der Waals surface area contributed by atoms with Crippen LogP contribution in [0.4, 0.5) is 0 Å². The van der Waals surface area contributed by atoms with Gasteiger partial charge in [-0.1, -0.05) is 35.4 Å². The zero-order valence-corrected chi connectivity index (χ0v) is 10.1. The summed E-state index contributed by atoms with van der Waals surface area (Å²) in [5, 5.41) is 0. The highest BCUT2D eigenvalue weighted by Crippen LogP contribution is 2.14. The van der Waals surface area contributed by atoms with Gasteiger partial charge in [-0.3, -0.25) is 0 Å². The van der Waals surface area contributed by atoms with Gasteiger partial charge in [0, 0.05) is 0 Å². The molecule has 2 nitrogen and oxygen atoms in total. The average Bonchev–Trinajstić information content (AvgIpc) is 2.34. The van der Waals surface area contributed by atoms with E-state index in [1.807, 2.05) is 62.4 Å². The number of aryl methyl sites for hydroxylation is 2. The van der Waals surface area contributed by atoms with E-state index in [2.05, 4.69) is 0 Å². The lowest BCUT2D eigenvalue weighted by molar-refractivity contribution is 0.120. The Morgan fingerprint density at radius 3 is 1.35 bits per heavy atom. The number of rotatable bonds is 4. The molecule has 0 amide bonds. The highest BCUT2D eigenvalue weighted by molar-refractivity contribution is 5.27. The van der Waals surface area contributed by atoms with Crippen molar-refractivity contribution in [2.24, 2.45) is 0 Å². The smallest absolute Gasteiger partial charge is 0.230 e. The molecule has 88 valence electrons. The molecule has 0 saturated heterocycles. The molecule has 0 bridgehead atoms. The summed E-state index contributed by atoms with van der Waals surface area (Å²) in [7, 11) is 0. The summed E-state index contributed by atoms with van der Waals surface area (Å²) in [5.74, 6) is 1.64. The van der Waals surface area contributed by atoms with Crippen molar-refractivity contribution in [3.8, 4) is 11.5 Å². The van der Waals surface area contributed by atoms with E-state index in [4.69, 9.17) is 9.47 Å². The Morgan fingerprint density at radius 1 is 0.647 bits per heavy atom. The van der Waals surface area contributed by atoms with Crippen molar-refractivity contribution in [3.63, 3.8) is 0 Å². The normalized spacial score (nSPS) is 10.0. The Balaban J connectivity index is 1.83. The monoisotopic (exact) mass is 228 g/mol. The minimum Gasteiger partial charge on any atom is -0.458 e. The fourth-order valence-corrected chi connectivity index (χ4v) is 1.43. The van der Waals surface area contributed by atoms with Gasteiger partial charge in [0.05, 0.1) is 0 Å². The van der Waals surface area contributed by atoms with E-state index >= 15 is 0 Å². The number of hydrogen-bond acceptors (Lipinski definition) is 2. The molecule has 0 saturated carbocycles. The van der Waals surface area contributed by atoms with Crippen molar-refractivity contribution >= 4 is 0 Å². The molecule has 0 spiro atoms. The summed E-state index contributed by atoms with van der Waals surface area (Å²) in [4.78, 5) is 0. The van der Waals surface area contributed by atoms with Crippen LogP contribution in [0, 0.1) is 13.8 Å². The van der Waals surface area contributed by atoms with E-state index in [1.165, 1.54) is 11.1 Å². The van der Waals surface area contributed by atoms with Crippen LogP contribution >= 0.6 is 0 Å². The van der Waals surface area contributed by atoms with Crippen LogP contribution in [-0.4, -0.2) is 6.79 Å². The van der Waals surface area contributed by atoms with Crippen LogP contribution in [0.2, 0.25) is 0 Å². The van der Waals surface area contributed by atoms with Crippen molar-refractivity contribution in [2.45, 2.75) is 13.8 Å². The summed E-state index contributed by atoms with van der Waals surface area (Å²) in [6, 6.07) is 15.8. The van der Waals surface area contributed by atoms with Crippen LogP contribution in [0.25, 0.3) is 0 Å². The molecule has 0 heterocycles. The Bertz CT molecular complexity index is 412. The minimum atomic E-state index is 0.228. The fraction of sp³-hybridized carbons (Fsp3) is 0.200. The predicted octanol–water partition coefficient (Wildman–Crippen LogP) is 3.72. The van der Waals surface area contributed by atoms with Gasteiger partial charge in [0.2, 0.25) is 6.79 Å². The van der Waals surface area contributed by atoms with Gasteiger partial charge in [-0.2, -0.15) is 0 Å². The highest BCUT2D eigenvalue weighted by Gasteiger charge is 1.95. The molecule has 0 N–H and O–H groups in total. The molecule has 0 aromatic heterocycles. The third-order valence-corrected chi connectivity index (χ3v) is 2.49. The summed E-state index contributed by atoms with van der Waals surface area (Å²) >= 11 is 0. The first-order valence-corrected chi connectivity index (χ1v) is 5.63. The first kappa shape index (κ1) is 11.5. The maximum atomic E-state index is 5.47. The molecule has 2 aromatic rings. The van der Waals surface area contributed by atoms with Crippen LogP contribution in [0.15, 0.2) is 48.5 Å². The molecule has 0 aliphatic rings. The summed E-state index contributed by atoms with van der Waals surface area (Å²) in [5.41, 5.74) is 2.44. The molecule has 0 unspecified atom stereocenters. The molecule has 17 heavy (non-hydrogen) atoms. The first-order chi connectivity index (χ1) is 8.24. The van der Waals surface area contributed by atoms with E-state index in [0.29, 0.717) is 0 Å². The van der Waals surface area contributed by atoms with Gasteiger partial charge in [-0.15, -0.1) is 0 Å². The Morgan fingerprint density at radius 2 is 1.00 bits per heavy atom. The first-order valence-electron chi connectivity index (χ1n) is 5.63. The second-order valence-electron chi connectivity index (χ2n) is 4.03. The lowest BCUT2D eigenvalue weighted by Crippen LogP contribution is -2.05. The van der Waals surface area contributed by atoms with Crippen LogP contribution in [-0.2, 0) is 0 Å². The molecule has 2 rings (SSSR count). The van der Waals surface area contributed by atoms with Crippen molar-refractivity contribution in [2.75, 3.05) is 6.79 Å². The minimum absolute atomic E-state index is 0.228. The van der Waals surface area contributed by atoms with Gasteiger partial charge >= 0.3 is 0 Å². The molecule has 0 fully saturated rings. The Hall–Kier alpha value is -1.96. The zero-order valence-electron chi connectivity index (χ0n) is 10.1. The number of benzene rings is 2. The molecular formula is C15H16O2. The standard InChI is InChI=1S/C15H16O2/c1-12-3-7-14(8-4-12)16-11-17-15-9-5-13(2)6-10-15/h3-10H,11H2,1-2H3. The van der Waals surface area contributed by atoms with Crippen LogP contribution in [0.5, 0.6) is 11.5 Å². The van der Waals surface area contributed by atoms with Crippen molar-refractivity contribution in [1.29, 1.82) is 0 Å². The lowest BCUT2D eigenvalue weighted by atomic mass is 10.2. The van der Waals surface area contributed by atoms with E-state index in [1.54, 1.807) is 0 Å². The van der Waals surface area contributed by atoms with Crippen molar-refractivity contribution in [3.05, 3.63) is 59.7 Å². The van der Waals surface area contributed by atoms with E-state index in [9.17, 15) is 0 Å². The molecule has 2 heteroatoms. The van der Waals surface area contributed by atoms with Crippen LogP contribution < -0.4 is 9.47 Å². The summed E-state index contributed by atoms with van der Waals surface area (Å²) in [6.07, 6.45) is 0. The Labute approximate surface area is 102 Å². The van der Waals surface area contributed by atoms with Crippen LogP contribution in [0.1, 0.15) is 11.1 Å². The highest BCUT2D eigenvalue weighted by atomic mass is 16.7. The van der Waals surface area contributed by atoms with Gasteiger partial charge < -0.3 is 9.47 Å². The molecule has 2 aromatic carbocycles. The molecule has 0 aliphatic carbocycles. The largest absolute Gasteiger partial charge is 0.458 e. The lowest BCUT2D eigenvalue weighted by Gasteiger charge is -2.08. The molecule has 0 radical (unpaired) electrons. The van der Waals surface area contributed by atoms with Gasteiger partial charge in [0.1, 0.15) is 11.5 Å². The second-order valence-corrected chi connectivity index (χ2v) is 4.03. The van der Waals surface area contributed by atoms with E-state index in [-0.39, 0.29) is 6.79 Å². The quantitative estimate of drug-likeness (QED) is 0.742. The average molecular weight is 228 g/mol. The number of ether oxygens (including phenoxy) is 2. The van der Waals surface area contributed by atoms with Gasteiger partial charge in [0.25, 0.3) is 0 Å². The Kier molecular flexibility index (Phi) is 3.66. The molecule has 0 aliphatic heterocycles.